The molecular formula is C26H30N2O3. The molecule has 0 bridgehead atoms. The molecule has 0 aliphatic rings. The van der Waals surface area contributed by atoms with Gasteiger partial charge in [-0.15, -0.1) is 0 Å². The lowest BCUT2D eigenvalue weighted by Crippen LogP contribution is -2.31. The molecule has 3 rings (SSSR count). The van der Waals surface area contributed by atoms with Crippen LogP contribution in [0.3, 0.4) is 0 Å². The van der Waals surface area contributed by atoms with Crippen LogP contribution >= 0.6 is 0 Å². The number of carbonyl (C=O) groups is 1. The highest BCUT2D eigenvalue weighted by molar-refractivity contribution is 5.95. The maximum Gasteiger partial charge on any atom is 0.252 e. The molecule has 0 saturated carbocycles. The van der Waals surface area contributed by atoms with Gasteiger partial charge in [-0.25, -0.2) is 0 Å². The van der Waals surface area contributed by atoms with Crippen LogP contribution in [0, 0.1) is 5.92 Å². The number of rotatable bonds is 10. The van der Waals surface area contributed by atoms with Gasteiger partial charge >= 0.3 is 0 Å². The van der Waals surface area contributed by atoms with E-state index in [4.69, 9.17) is 5.73 Å². The summed E-state index contributed by atoms with van der Waals surface area (Å²) < 4.78 is 0. The number of primary amides is 1. The van der Waals surface area contributed by atoms with Crippen molar-refractivity contribution in [2.45, 2.75) is 31.9 Å². The molecule has 0 spiro atoms. The maximum absolute atomic E-state index is 11.5. The monoisotopic (exact) mass is 418 g/mol. The number of aliphatic hydroxyl groups excluding tert-OH is 1. The molecule has 162 valence electrons. The van der Waals surface area contributed by atoms with E-state index in [9.17, 15) is 15.0 Å². The topological polar surface area (TPSA) is 95.6 Å². The Labute approximate surface area is 183 Å². The average molecular weight is 419 g/mol. The van der Waals surface area contributed by atoms with Crippen LogP contribution in [0.2, 0.25) is 0 Å². The van der Waals surface area contributed by atoms with Crippen LogP contribution in [-0.2, 0) is 6.42 Å². The molecule has 0 radical (unpaired) electrons. The minimum atomic E-state index is -0.841. The van der Waals surface area contributed by atoms with Crippen molar-refractivity contribution < 1.29 is 15.0 Å². The molecule has 0 aliphatic carbocycles. The van der Waals surface area contributed by atoms with Crippen LogP contribution in [0.5, 0.6) is 5.75 Å². The van der Waals surface area contributed by atoms with Gasteiger partial charge in [-0.1, -0.05) is 73.7 Å². The average Bonchev–Trinajstić information content (AvgIpc) is 2.79. The summed E-state index contributed by atoms with van der Waals surface area (Å²) in [4.78, 5) is 11.5. The first-order chi connectivity index (χ1) is 15.0. The van der Waals surface area contributed by atoms with Crippen LogP contribution in [0.4, 0.5) is 0 Å². The highest BCUT2D eigenvalue weighted by Gasteiger charge is 2.21. The summed E-state index contributed by atoms with van der Waals surface area (Å²) in [6, 6.07) is 25.1. The van der Waals surface area contributed by atoms with E-state index in [0.717, 1.165) is 12.8 Å². The first-order valence-corrected chi connectivity index (χ1v) is 10.6. The zero-order valence-corrected chi connectivity index (χ0v) is 17.7. The van der Waals surface area contributed by atoms with Crippen molar-refractivity contribution in [3.8, 4) is 5.75 Å². The van der Waals surface area contributed by atoms with E-state index in [2.05, 4.69) is 48.6 Å². The van der Waals surface area contributed by atoms with Gasteiger partial charge in [0.1, 0.15) is 5.75 Å². The molecule has 3 atom stereocenters. The van der Waals surface area contributed by atoms with Gasteiger partial charge in [-0.05, 0) is 47.6 Å². The first-order valence-electron chi connectivity index (χ1n) is 10.6. The second-order valence-corrected chi connectivity index (χ2v) is 7.95. The standard InChI is InChI=1S/C26H30N2O3/c1-18(12-13-19-8-4-2-5-9-19)25(20-10-6-3-7-11-20)28-17-24(30)21-14-15-23(29)22(16-21)26(27)31/h2-11,14-16,18,24-25,28-30H,12-13,17H2,1H3,(H2,27,31)/t18?,24-,25+/m0/s1. The molecule has 5 heteroatoms. The summed E-state index contributed by atoms with van der Waals surface area (Å²) in [6.45, 7) is 2.52. The largest absolute Gasteiger partial charge is 0.507 e. The summed E-state index contributed by atoms with van der Waals surface area (Å²) >= 11 is 0. The van der Waals surface area contributed by atoms with Crippen LogP contribution in [-0.4, -0.2) is 22.7 Å². The Bertz CT molecular complexity index is 976. The van der Waals surface area contributed by atoms with Crippen molar-refractivity contribution in [1.29, 1.82) is 0 Å². The maximum atomic E-state index is 11.5. The van der Waals surface area contributed by atoms with E-state index in [0.29, 0.717) is 18.0 Å². The third-order valence-electron chi connectivity index (χ3n) is 5.66. The van der Waals surface area contributed by atoms with Crippen molar-refractivity contribution in [3.05, 3.63) is 101 Å². The number of aromatic hydroxyl groups is 1. The summed E-state index contributed by atoms with van der Waals surface area (Å²) in [5.41, 5.74) is 8.32. The predicted octanol–water partition coefficient (Wildman–Crippen LogP) is 4.12. The lowest BCUT2D eigenvalue weighted by molar-refractivity contribution is 0.0997. The lowest BCUT2D eigenvalue weighted by atomic mass is 9.89. The molecule has 0 aromatic heterocycles. The van der Waals surface area contributed by atoms with Gasteiger partial charge < -0.3 is 21.3 Å². The van der Waals surface area contributed by atoms with Gasteiger partial charge in [0.2, 0.25) is 0 Å². The predicted molar refractivity (Wildman–Crippen MR) is 123 cm³/mol. The van der Waals surface area contributed by atoms with Gasteiger partial charge in [0, 0.05) is 12.6 Å². The molecule has 0 fully saturated rings. The molecule has 5 N–H and O–H groups in total. The molecule has 5 nitrogen and oxygen atoms in total. The van der Waals surface area contributed by atoms with E-state index in [1.807, 2.05) is 24.3 Å². The number of nitrogens with two attached hydrogens (primary N) is 1. The number of hydrogen-bond donors (Lipinski definition) is 4. The second kappa shape index (κ2) is 10.8. The Kier molecular flexibility index (Phi) is 7.82. The molecule has 1 unspecified atom stereocenters. The normalized spacial score (nSPS) is 14.0. The number of aliphatic hydroxyl groups is 1. The Morgan fingerprint density at radius 3 is 2.26 bits per heavy atom. The number of phenols is 1. The highest BCUT2D eigenvalue weighted by atomic mass is 16.3. The highest BCUT2D eigenvalue weighted by Crippen LogP contribution is 2.27. The van der Waals surface area contributed by atoms with E-state index >= 15 is 0 Å². The SMILES string of the molecule is CC(CCc1ccccc1)[C@@H](NC[C@H](O)c1ccc(O)c(C(N)=O)c1)c1ccccc1. The first kappa shape index (κ1) is 22.5. The van der Waals surface area contributed by atoms with E-state index < -0.39 is 12.0 Å². The molecule has 3 aromatic carbocycles. The van der Waals surface area contributed by atoms with Crippen LogP contribution in [0.25, 0.3) is 0 Å². The minimum Gasteiger partial charge on any atom is -0.507 e. The second-order valence-electron chi connectivity index (χ2n) is 7.95. The van der Waals surface area contributed by atoms with Crippen LogP contribution in [0.1, 0.15) is 52.5 Å². The molecule has 0 heterocycles. The minimum absolute atomic E-state index is 0.00684. The van der Waals surface area contributed by atoms with Gasteiger partial charge in [0.15, 0.2) is 0 Å². The van der Waals surface area contributed by atoms with E-state index in [1.54, 1.807) is 6.07 Å². The zero-order valence-electron chi connectivity index (χ0n) is 17.7. The van der Waals surface area contributed by atoms with Crippen molar-refractivity contribution in [3.63, 3.8) is 0 Å². The van der Waals surface area contributed by atoms with Crippen molar-refractivity contribution in [2.75, 3.05) is 6.54 Å². The number of amides is 1. The smallest absolute Gasteiger partial charge is 0.252 e. The molecular weight excluding hydrogens is 388 g/mol. The summed E-state index contributed by atoms with van der Waals surface area (Å²) in [5.74, 6) is -0.583. The van der Waals surface area contributed by atoms with Crippen LogP contribution < -0.4 is 11.1 Å². The molecule has 3 aromatic rings. The number of carbonyl (C=O) groups excluding carboxylic acids is 1. The number of nitrogens with one attached hydrogen (secondary N) is 1. The Hall–Kier alpha value is -3.15. The number of hydrogen-bond acceptors (Lipinski definition) is 4. The molecule has 1 amide bonds. The van der Waals surface area contributed by atoms with E-state index in [-0.39, 0.29) is 17.4 Å². The summed E-state index contributed by atoms with van der Waals surface area (Å²) in [5, 5.41) is 24.0. The van der Waals surface area contributed by atoms with E-state index in [1.165, 1.54) is 23.3 Å². The molecule has 0 aliphatic heterocycles. The Morgan fingerprint density at radius 2 is 1.61 bits per heavy atom. The third kappa shape index (κ3) is 6.17. The number of benzene rings is 3. The Morgan fingerprint density at radius 1 is 0.968 bits per heavy atom. The van der Waals surface area contributed by atoms with Gasteiger partial charge in [-0.2, -0.15) is 0 Å². The quantitative estimate of drug-likeness (QED) is 0.398. The lowest BCUT2D eigenvalue weighted by Gasteiger charge is -2.27. The summed E-state index contributed by atoms with van der Waals surface area (Å²) in [6.07, 6.45) is 1.14. The van der Waals surface area contributed by atoms with Crippen molar-refractivity contribution in [2.24, 2.45) is 11.7 Å². The molecule has 0 saturated heterocycles. The van der Waals surface area contributed by atoms with Gasteiger partial charge in [0.05, 0.1) is 11.7 Å². The van der Waals surface area contributed by atoms with Crippen LogP contribution in [0.15, 0.2) is 78.9 Å². The fourth-order valence-corrected chi connectivity index (χ4v) is 3.83. The van der Waals surface area contributed by atoms with Crippen molar-refractivity contribution >= 4 is 5.91 Å². The van der Waals surface area contributed by atoms with Gasteiger partial charge in [0.25, 0.3) is 5.91 Å². The number of aryl methyl sites for hydroxylation is 1. The summed E-state index contributed by atoms with van der Waals surface area (Å²) in [7, 11) is 0. The molecule has 31 heavy (non-hydrogen) atoms. The zero-order chi connectivity index (χ0) is 22.2. The van der Waals surface area contributed by atoms with Crippen molar-refractivity contribution in [1.82, 2.24) is 5.32 Å². The Balaban J connectivity index is 1.70. The fraction of sp³-hybridized carbons (Fsp3) is 0.269. The fourth-order valence-electron chi connectivity index (χ4n) is 3.83. The van der Waals surface area contributed by atoms with Gasteiger partial charge in [-0.3, -0.25) is 4.79 Å². The third-order valence-corrected chi connectivity index (χ3v) is 5.66.